The van der Waals surface area contributed by atoms with Crippen molar-refractivity contribution in [1.82, 2.24) is 4.98 Å². The number of anilines is 1. The standard InChI is InChI=1S/C7H9N3.H2/c1-5-2-3-10-6(4-8)7(5)9;/h2-4,8H,9H2,1H3;1H. The highest BCUT2D eigenvalue weighted by atomic mass is 14.7. The molecule has 0 atom stereocenters. The van der Waals surface area contributed by atoms with E-state index >= 15 is 0 Å². The third kappa shape index (κ3) is 0.978. The van der Waals surface area contributed by atoms with E-state index in [1.807, 2.05) is 13.0 Å². The fourth-order valence-electron chi connectivity index (χ4n) is 0.706. The number of hydrogen-bond donors (Lipinski definition) is 2. The van der Waals surface area contributed by atoms with Gasteiger partial charge in [0.05, 0.1) is 5.69 Å². The van der Waals surface area contributed by atoms with Crippen molar-refractivity contribution in [1.29, 1.82) is 5.41 Å². The molecular formula is C7H11N3. The zero-order valence-electron chi connectivity index (χ0n) is 5.76. The summed E-state index contributed by atoms with van der Waals surface area (Å²) in [5.74, 6) is 0. The van der Waals surface area contributed by atoms with Crippen LogP contribution in [0.1, 0.15) is 12.7 Å². The largest absolute Gasteiger partial charge is 0.397 e. The number of pyridine rings is 1. The lowest BCUT2D eigenvalue weighted by molar-refractivity contribution is 1.26. The Labute approximate surface area is 60.9 Å². The minimum atomic E-state index is 0. The Morgan fingerprint density at radius 1 is 1.80 bits per heavy atom. The van der Waals surface area contributed by atoms with Crippen molar-refractivity contribution < 1.29 is 1.43 Å². The smallest absolute Gasteiger partial charge is 0.104 e. The molecule has 1 aromatic rings. The number of nitrogens with two attached hydrogens (primary N) is 1. The van der Waals surface area contributed by atoms with Crippen LogP contribution in [0.25, 0.3) is 0 Å². The Morgan fingerprint density at radius 3 is 3.00 bits per heavy atom. The van der Waals surface area contributed by atoms with Gasteiger partial charge in [-0.2, -0.15) is 0 Å². The second-order valence-electron chi connectivity index (χ2n) is 2.07. The van der Waals surface area contributed by atoms with Crippen LogP contribution in [0.4, 0.5) is 5.69 Å². The van der Waals surface area contributed by atoms with Crippen LogP contribution in [-0.4, -0.2) is 11.2 Å². The van der Waals surface area contributed by atoms with E-state index in [9.17, 15) is 0 Å². The van der Waals surface area contributed by atoms with E-state index in [4.69, 9.17) is 11.1 Å². The second-order valence-corrected chi connectivity index (χ2v) is 2.07. The van der Waals surface area contributed by atoms with Crippen LogP contribution in [-0.2, 0) is 0 Å². The molecule has 0 unspecified atom stereocenters. The normalized spacial score (nSPS) is 9.30. The Morgan fingerprint density at radius 2 is 2.50 bits per heavy atom. The summed E-state index contributed by atoms with van der Waals surface area (Å²) in [6.07, 6.45) is 2.80. The molecule has 0 bridgehead atoms. The predicted octanol–water partition coefficient (Wildman–Crippen LogP) is 1.22. The van der Waals surface area contributed by atoms with Crippen molar-refractivity contribution in [2.75, 3.05) is 5.73 Å². The van der Waals surface area contributed by atoms with Gasteiger partial charge in [-0.25, -0.2) is 0 Å². The van der Waals surface area contributed by atoms with Crippen molar-refractivity contribution >= 4 is 11.9 Å². The third-order valence-electron chi connectivity index (χ3n) is 1.38. The summed E-state index contributed by atoms with van der Waals surface area (Å²) in [6.45, 7) is 1.89. The minimum Gasteiger partial charge on any atom is -0.397 e. The van der Waals surface area contributed by atoms with Gasteiger partial charge in [0.25, 0.3) is 0 Å². The lowest BCUT2D eigenvalue weighted by atomic mass is 10.2. The van der Waals surface area contributed by atoms with Gasteiger partial charge in [-0.1, -0.05) is 0 Å². The summed E-state index contributed by atoms with van der Waals surface area (Å²) in [6, 6.07) is 1.82. The maximum atomic E-state index is 6.91. The van der Waals surface area contributed by atoms with Crippen LogP contribution >= 0.6 is 0 Å². The number of nitrogens with zero attached hydrogens (tertiary/aromatic N) is 1. The molecule has 54 valence electrons. The highest BCUT2D eigenvalue weighted by molar-refractivity contribution is 5.82. The molecule has 0 radical (unpaired) electrons. The molecule has 0 aliphatic rings. The van der Waals surface area contributed by atoms with E-state index in [2.05, 4.69) is 4.98 Å². The van der Waals surface area contributed by atoms with Crippen molar-refractivity contribution in [3.63, 3.8) is 0 Å². The van der Waals surface area contributed by atoms with Gasteiger partial charge in [0.2, 0.25) is 0 Å². The Bertz CT molecular complexity index is 260. The topological polar surface area (TPSA) is 62.8 Å². The molecule has 1 aromatic heterocycles. The average Bonchev–Trinajstić information content (AvgIpc) is 1.95. The molecule has 0 aliphatic carbocycles. The summed E-state index contributed by atoms with van der Waals surface area (Å²) in [5.41, 5.74) is 7.68. The van der Waals surface area contributed by atoms with E-state index in [-0.39, 0.29) is 1.43 Å². The van der Waals surface area contributed by atoms with Crippen LogP contribution < -0.4 is 5.73 Å². The summed E-state index contributed by atoms with van der Waals surface area (Å²) in [5, 5.41) is 6.91. The molecule has 10 heavy (non-hydrogen) atoms. The molecule has 3 heteroatoms. The maximum Gasteiger partial charge on any atom is 0.104 e. The van der Waals surface area contributed by atoms with Crippen molar-refractivity contribution in [2.45, 2.75) is 6.92 Å². The Kier molecular flexibility index (Phi) is 1.67. The van der Waals surface area contributed by atoms with Gasteiger partial charge in [-0.3, -0.25) is 4.98 Å². The van der Waals surface area contributed by atoms with E-state index in [1.54, 1.807) is 6.20 Å². The number of nitrogens with one attached hydrogen (secondary N) is 1. The molecule has 1 heterocycles. The Hall–Kier alpha value is -1.38. The summed E-state index contributed by atoms with van der Waals surface area (Å²) >= 11 is 0. The molecular weight excluding hydrogens is 126 g/mol. The van der Waals surface area contributed by atoms with E-state index < -0.39 is 0 Å². The summed E-state index contributed by atoms with van der Waals surface area (Å²) in [7, 11) is 0. The molecule has 0 saturated carbocycles. The van der Waals surface area contributed by atoms with Gasteiger partial charge in [0.1, 0.15) is 5.69 Å². The fraction of sp³-hybridized carbons (Fsp3) is 0.143. The van der Waals surface area contributed by atoms with Gasteiger partial charge in [0.15, 0.2) is 0 Å². The first-order valence-electron chi connectivity index (χ1n) is 2.97. The summed E-state index contributed by atoms with van der Waals surface area (Å²) in [4.78, 5) is 3.89. The van der Waals surface area contributed by atoms with Crippen molar-refractivity contribution in [2.24, 2.45) is 0 Å². The zero-order valence-corrected chi connectivity index (χ0v) is 5.76. The molecule has 0 aromatic carbocycles. The Balaban J connectivity index is 0.000001000. The molecule has 0 fully saturated rings. The van der Waals surface area contributed by atoms with E-state index in [0.29, 0.717) is 11.4 Å². The second kappa shape index (κ2) is 2.47. The fourth-order valence-corrected chi connectivity index (χ4v) is 0.706. The predicted molar refractivity (Wildman–Crippen MR) is 43.4 cm³/mol. The number of aromatic nitrogens is 1. The number of nitrogen functional groups attached to an aromatic ring is 1. The first-order valence-corrected chi connectivity index (χ1v) is 2.97. The van der Waals surface area contributed by atoms with Crippen LogP contribution in [0.15, 0.2) is 12.3 Å². The van der Waals surface area contributed by atoms with E-state index in [0.717, 1.165) is 11.8 Å². The van der Waals surface area contributed by atoms with Gasteiger partial charge < -0.3 is 11.1 Å². The molecule has 0 aliphatic heterocycles. The zero-order chi connectivity index (χ0) is 7.56. The third-order valence-corrected chi connectivity index (χ3v) is 1.38. The molecule has 3 N–H and O–H groups in total. The molecule has 0 saturated heterocycles. The van der Waals surface area contributed by atoms with Crippen LogP contribution in [0.2, 0.25) is 0 Å². The monoisotopic (exact) mass is 137 g/mol. The van der Waals surface area contributed by atoms with Crippen molar-refractivity contribution in [3.05, 3.63) is 23.5 Å². The van der Waals surface area contributed by atoms with Gasteiger partial charge in [-0.15, -0.1) is 0 Å². The quantitative estimate of drug-likeness (QED) is 0.571. The number of aryl methyl sites for hydroxylation is 1. The van der Waals surface area contributed by atoms with Crippen LogP contribution in [0.3, 0.4) is 0 Å². The highest BCUT2D eigenvalue weighted by Crippen LogP contribution is 2.10. The number of rotatable bonds is 1. The van der Waals surface area contributed by atoms with Crippen molar-refractivity contribution in [3.8, 4) is 0 Å². The average molecular weight is 137 g/mol. The van der Waals surface area contributed by atoms with Gasteiger partial charge in [0, 0.05) is 13.8 Å². The first kappa shape index (κ1) is 6.74. The highest BCUT2D eigenvalue weighted by Gasteiger charge is 1.97. The molecule has 0 spiro atoms. The van der Waals surface area contributed by atoms with Gasteiger partial charge >= 0.3 is 0 Å². The SMILES string of the molecule is Cc1ccnc(C=N)c1N.[HH]. The molecule has 3 nitrogen and oxygen atoms in total. The van der Waals surface area contributed by atoms with E-state index in [1.165, 1.54) is 0 Å². The number of hydrogen-bond acceptors (Lipinski definition) is 3. The first-order chi connectivity index (χ1) is 4.75. The molecule has 1 rings (SSSR count). The summed E-state index contributed by atoms with van der Waals surface area (Å²) < 4.78 is 0. The molecule has 0 amide bonds. The maximum absolute atomic E-state index is 6.91. The lowest BCUT2D eigenvalue weighted by Gasteiger charge is -1.99. The minimum absolute atomic E-state index is 0. The lowest BCUT2D eigenvalue weighted by Crippen LogP contribution is -1.98. The van der Waals surface area contributed by atoms with Gasteiger partial charge in [-0.05, 0) is 18.6 Å². The van der Waals surface area contributed by atoms with Crippen LogP contribution in [0.5, 0.6) is 0 Å². The van der Waals surface area contributed by atoms with Crippen LogP contribution in [0, 0.1) is 12.3 Å².